The van der Waals surface area contributed by atoms with Crippen molar-refractivity contribution >= 4 is 11.0 Å². The van der Waals surface area contributed by atoms with Crippen LogP contribution in [0.3, 0.4) is 0 Å². The number of benzene rings is 2. The van der Waals surface area contributed by atoms with Crippen molar-refractivity contribution in [3.05, 3.63) is 70.6 Å². The minimum Gasteiger partial charge on any atom is -0.423 e. The molecule has 2 heteroatoms. The SMILES string of the molecule is Cc1cc(-c2ccccc2)cc2oc(=O)ccc12. The van der Waals surface area contributed by atoms with Crippen LogP contribution >= 0.6 is 0 Å². The molecular formula is C16H12O2. The molecule has 2 nitrogen and oxygen atoms in total. The maximum atomic E-state index is 11.3. The van der Waals surface area contributed by atoms with Gasteiger partial charge < -0.3 is 4.42 Å². The molecule has 0 fully saturated rings. The van der Waals surface area contributed by atoms with E-state index in [1.54, 1.807) is 0 Å². The molecule has 0 unspecified atom stereocenters. The fourth-order valence-electron chi connectivity index (χ4n) is 2.16. The van der Waals surface area contributed by atoms with Gasteiger partial charge in [-0.2, -0.15) is 0 Å². The van der Waals surface area contributed by atoms with E-state index in [1.165, 1.54) is 6.07 Å². The summed E-state index contributed by atoms with van der Waals surface area (Å²) in [5.41, 5.74) is 3.62. The largest absolute Gasteiger partial charge is 0.423 e. The molecule has 0 spiro atoms. The summed E-state index contributed by atoms with van der Waals surface area (Å²) in [6, 6.07) is 17.4. The van der Waals surface area contributed by atoms with Crippen molar-refractivity contribution in [2.24, 2.45) is 0 Å². The van der Waals surface area contributed by atoms with E-state index in [0.29, 0.717) is 5.58 Å². The Bertz CT molecular complexity index is 755. The van der Waals surface area contributed by atoms with E-state index in [9.17, 15) is 4.79 Å². The van der Waals surface area contributed by atoms with Crippen molar-refractivity contribution in [3.8, 4) is 11.1 Å². The van der Waals surface area contributed by atoms with E-state index >= 15 is 0 Å². The van der Waals surface area contributed by atoms with E-state index in [1.807, 2.05) is 49.4 Å². The second-order valence-corrected chi connectivity index (χ2v) is 4.33. The molecule has 0 saturated carbocycles. The molecule has 3 aromatic rings. The molecule has 1 heterocycles. The second kappa shape index (κ2) is 4.15. The van der Waals surface area contributed by atoms with E-state index < -0.39 is 0 Å². The molecule has 0 N–H and O–H groups in total. The monoisotopic (exact) mass is 236 g/mol. The van der Waals surface area contributed by atoms with Crippen molar-refractivity contribution in [2.75, 3.05) is 0 Å². The first-order valence-electron chi connectivity index (χ1n) is 5.84. The number of hydrogen-bond acceptors (Lipinski definition) is 2. The third kappa shape index (κ3) is 1.82. The molecule has 0 aliphatic heterocycles. The van der Waals surface area contributed by atoms with Gasteiger partial charge in [-0.05, 0) is 35.7 Å². The van der Waals surface area contributed by atoms with Gasteiger partial charge in [-0.1, -0.05) is 36.4 Å². The summed E-state index contributed by atoms with van der Waals surface area (Å²) in [4.78, 5) is 11.3. The Hall–Kier alpha value is -2.35. The van der Waals surface area contributed by atoms with Crippen molar-refractivity contribution in [2.45, 2.75) is 6.92 Å². The molecule has 0 atom stereocenters. The summed E-state index contributed by atoms with van der Waals surface area (Å²) in [5, 5.41) is 0.981. The fourth-order valence-corrected chi connectivity index (χ4v) is 2.16. The number of hydrogen-bond donors (Lipinski definition) is 0. The van der Waals surface area contributed by atoms with Gasteiger partial charge in [-0.3, -0.25) is 0 Å². The molecule has 88 valence electrons. The standard InChI is InChI=1S/C16H12O2/c1-11-9-13(12-5-3-2-4-6-12)10-15-14(11)7-8-16(17)18-15/h2-10H,1H3. The Balaban J connectivity index is 2.30. The predicted octanol–water partition coefficient (Wildman–Crippen LogP) is 3.77. The van der Waals surface area contributed by atoms with Gasteiger partial charge in [0.2, 0.25) is 0 Å². The second-order valence-electron chi connectivity index (χ2n) is 4.33. The highest BCUT2D eigenvalue weighted by atomic mass is 16.4. The Morgan fingerprint density at radius 2 is 1.67 bits per heavy atom. The van der Waals surface area contributed by atoms with Crippen LogP contribution in [0.1, 0.15) is 5.56 Å². The number of aryl methyl sites for hydroxylation is 1. The molecule has 0 radical (unpaired) electrons. The van der Waals surface area contributed by atoms with Gasteiger partial charge in [0.1, 0.15) is 5.58 Å². The van der Waals surface area contributed by atoms with Crippen LogP contribution in [-0.4, -0.2) is 0 Å². The maximum Gasteiger partial charge on any atom is 0.336 e. The third-order valence-corrected chi connectivity index (χ3v) is 3.05. The zero-order valence-corrected chi connectivity index (χ0v) is 10.0. The van der Waals surface area contributed by atoms with E-state index in [2.05, 4.69) is 6.07 Å². The highest BCUT2D eigenvalue weighted by molar-refractivity contribution is 5.85. The molecule has 18 heavy (non-hydrogen) atoms. The normalized spacial score (nSPS) is 10.7. The lowest BCUT2D eigenvalue weighted by Gasteiger charge is -2.06. The summed E-state index contributed by atoms with van der Waals surface area (Å²) in [5.74, 6) is 0. The van der Waals surface area contributed by atoms with Gasteiger partial charge in [0, 0.05) is 11.5 Å². The van der Waals surface area contributed by atoms with Crippen LogP contribution < -0.4 is 5.63 Å². The summed E-state index contributed by atoms with van der Waals surface area (Å²) >= 11 is 0. The molecule has 0 saturated heterocycles. The number of rotatable bonds is 1. The summed E-state index contributed by atoms with van der Waals surface area (Å²) < 4.78 is 5.25. The van der Waals surface area contributed by atoms with Crippen LogP contribution in [-0.2, 0) is 0 Å². The third-order valence-electron chi connectivity index (χ3n) is 3.05. The van der Waals surface area contributed by atoms with Crippen LogP contribution in [0.2, 0.25) is 0 Å². The predicted molar refractivity (Wildman–Crippen MR) is 72.7 cm³/mol. The van der Waals surface area contributed by atoms with Crippen molar-refractivity contribution < 1.29 is 4.42 Å². The quantitative estimate of drug-likeness (QED) is 0.602. The molecular weight excluding hydrogens is 224 g/mol. The van der Waals surface area contributed by atoms with Gasteiger partial charge in [0.25, 0.3) is 0 Å². The first-order chi connectivity index (χ1) is 8.74. The van der Waals surface area contributed by atoms with Crippen molar-refractivity contribution in [1.29, 1.82) is 0 Å². The zero-order chi connectivity index (χ0) is 12.5. The lowest BCUT2D eigenvalue weighted by molar-refractivity contribution is 0.561. The van der Waals surface area contributed by atoms with Crippen LogP contribution in [0.15, 0.2) is 63.8 Å². The summed E-state index contributed by atoms with van der Waals surface area (Å²) in [7, 11) is 0. The van der Waals surface area contributed by atoms with Gasteiger partial charge in [-0.15, -0.1) is 0 Å². The highest BCUT2D eigenvalue weighted by Gasteiger charge is 2.05. The van der Waals surface area contributed by atoms with Crippen LogP contribution in [0, 0.1) is 6.92 Å². The topological polar surface area (TPSA) is 30.2 Å². The van der Waals surface area contributed by atoms with Gasteiger partial charge in [-0.25, -0.2) is 4.79 Å². The van der Waals surface area contributed by atoms with E-state index in [4.69, 9.17) is 4.42 Å². The fraction of sp³-hybridized carbons (Fsp3) is 0.0625. The van der Waals surface area contributed by atoms with E-state index in [-0.39, 0.29) is 5.63 Å². The van der Waals surface area contributed by atoms with Crippen LogP contribution in [0.4, 0.5) is 0 Å². The average molecular weight is 236 g/mol. The van der Waals surface area contributed by atoms with Crippen LogP contribution in [0.25, 0.3) is 22.1 Å². The zero-order valence-electron chi connectivity index (χ0n) is 10.0. The Kier molecular flexibility index (Phi) is 2.49. The Morgan fingerprint density at radius 3 is 2.44 bits per heavy atom. The molecule has 0 amide bonds. The maximum absolute atomic E-state index is 11.3. The Morgan fingerprint density at radius 1 is 0.889 bits per heavy atom. The molecule has 0 aliphatic carbocycles. The van der Waals surface area contributed by atoms with E-state index in [0.717, 1.165) is 22.1 Å². The van der Waals surface area contributed by atoms with Crippen molar-refractivity contribution in [3.63, 3.8) is 0 Å². The van der Waals surface area contributed by atoms with Gasteiger partial charge in [0.15, 0.2) is 0 Å². The molecule has 1 aromatic heterocycles. The summed E-state index contributed by atoms with van der Waals surface area (Å²) in [6.07, 6.45) is 0. The summed E-state index contributed by atoms with van der Waals surface area (Å²) in [6.45, 7) is 2.02. The van der Waals surface area contributed by atoms with Crippen molar-refractivity contribution in [1.82, 2.24) is 0 Å². The van der Waals surface area contributed by atoms with Gasteiger partial charge in [0.05, 0.1) is 0 Å². The smallest absolute Gasteiger partial charge is 0.336 e. The minimum atomic E-state index is -0.313. The molecule has 0 bridgehead atoms. The van der Waals surface area contributed by atoms with Crippen LogP contribution in [0.5, 0.6) is 0 Å². The number of fused-ring (bicyclic) bond motifs is 1. The lowest BCUT2D eigenvalue weighted by Crippen LogP contribution is -1.95. The molecule has 2 aromatic carbocycles. The molecule has 0 aliphatic rings. The molecule has 3 rings (SSSR count). The minimum absolute atomic E-state index is 0.313. The first-order valence-corrected chi connectivity index (χ1v) is 5.84. The van der Waals surface area contributed by atoms with Gasteiger partial charge >= 0.3 is 5.63 Å². The average Bonchev–Trinajstić information content (AvgIpc) is 2.39. The Labute approximate surface area is 105 Å². The first kappa shape index (κ1) is 10.8. The lowest BCUT2D eigenvalue weighted by atomic mass is 10.0. The highest BCUT2D eigenvalue weighted by Crippen LogP contribution is 2.26.